The Labute approximate surface area is 97.9 Å². The minimum Gasteiger partial charge on any atom is -0.377 e. The van der Waals surface area contributed by atoms with Gasteiger partial charge >= 0.3 is 0 Å². The molecule has 0 aliphatic carbocycles. The van der Waals surface area contributed by atoms with E-state index in [1.165, 1.54) is 0 Å². The van der Waals surface area contributed by atoms with E-state index in [1.807, 2.05) is 0 Å². The molecule has 0 saturated heterocycles. The van der Waals surface area contributed by atoms with Crippen LogP contribution in [0.5, 0.6) is 0 Å². The van der Waals surface area contributed by atoms with E-state index in [0.717, 1.165) is 0 Å². The average molecular weight is 238 g/mol. The zero-order chi connectivity index (χ0) is 12.5. The van der Waals surface area contributed by atoms with Crippen LogP contribution in [0.1, 0.15) is 25.4 Å². The summed E-state index contributed by atoms with van der Waals surface area (Å²) in [4.78, 5) is 4.16. The van der Waals surface area contributed by atoms with Crippen molar-refractivity contribution in [1.29, 1.82) is 0 Å². The van der Waals surface area contributed by atoms with Gasteiger partial charge in [0.15, 0.2) is 17.3 Å². The molecule has 2 N–H and O–H groups in total. The quantitative estimate of drug-likeness (QED) is 0.849. The second-order valence-corrected chi connectivity index (χ2v) is 4.26. The van der Waals surface area contributed by atoms with Crippen molar-refractivity contribution in [2.24, 2.45) is 5.73 Å². The minimum absolute atomic E-state index is 0.282. The van der Waals surface area contributed by atoms with E-state index in [0.29, 0.717) is 23.9 Å². The number of nitrogens with two attached hydrogens (primary N) is 1. The summed E-state index contributed by atoms with van der Waals surface area (Å²) in [7, 11) is 1.57. The van der Waals surface area contributed by atoms with Crippen LogP contribution in [0.4, 0.5) is 0 Å². The molecule has 0 aliphatic heterocycles. The zero-order valence-electron chi connectivity index (χ0n) is 9.93. The van der Waals surface area contributed by atoms with Gasteiger partial charge in [-0.1, -0.05) is 10.3 Å². The first-order chi connectivity index (χ1) is 8.00. The third kappa shape index (κ3) is 2.51. The van der Waals surface area contributed by atoms with Gasteiger partial charge in [0.2, 0.25) is 0 Å². The van der Waals surface area contributed by atoms with Crippen molar-refractivity contribution in [2.75, 3.05) is 7.11 Å². The first-order valence-electron chi connectivity index (χ1n) is 5.08. The molecular weight excluding hydrogens is 224 g/mol. The molecule has 0 aromatic carbocycles. The van der Waals surface area contributed by atoms with Crippen molar-refractivity contribution in [2.45, 2.75) is 26.0 Å². The summed E-state index contributed by atoms with van der Waals surface area (Å²) < 4.78 is 15.0. The first-order valence-corrected chi connectivity index (χ1v) is 5.08. The number of ether oxygens (including phenoxy) is 1. The Morgan fingerprint density at radius 2 is 2.12 bits per heavy atom. The fourth-order valence-corrected chi connectivity index (χ4v) is 1.21. The molecule has 0 amide bonds. The predicted molar refractivity (Wildman–Crippen MR) is 57.7 cm³/mol. The van der Waals surface area contributed by atoms with E-state index in [1.54, 1.807) is 27.0 Å². The van der Waals surface area contributed by atoms with Gasteiger partial charge in [-0.05, 0) is 13.8 Å². The summed E-state index contributed by atoms with van der Waals surface area (Å²) in [6.45, 7) is 3.93. The molecule has 7 heteroatoms. The monoisotopic (exact) mass is 238 g/mol. The highest BCUT2D eigenvalue weighted by molar-refractivity contribution is 5.45. The van der Waals surface area contributed by atoms with Crippen molar-refractivity contribution >= 4 is 0 Å². The number of hydrogen-bond acceptors (Lipinski definition) is 7. The molecule has 0 saturated carbocycles. The Bertz CT molecular complexity index is 498. The van der Waals surface area contributed by atoms with Crippen LogP contribution >= 0.6 is 0 Å². The molecule has 0 fully saturated rings. The van der Waals surface area contributed by atoms with E-state index in [2.05, 4.69) is 15.3 Å². The fourth-order valence-electron chi connectivity index (χ4n) is 1.21. The van der Waals surface area contributed by atoms with Crippen LogP contribution in [0.2, 0.25) is 0 Å². The van der Waals surface area contributed by atoms with Crippen LogP contribution in [0, 0.1) is 0 Å². The Morgan fingerprint density at radius 1 is 1.35 bits per heavy atom. The maximum absolute atomic E-state index is 5.85. The molecule has 92 valence electrons. The van der Waals surface area contributed by atoms with Crippen LogP contribution in [-0.2, 0) is 16.9 Å². The van der Waals surface area contributed by atoms with Crippen LogP contribution in [0.15, 0.2) is 15.1 Å². The molecular formula is C10H14N4O3. The van der Waals surface area contributed by atoms with Crippen molar-refractivity contribution in [1.82, 2.24) is 15.3 Å². The summed E-state index contributed by atoms with van der Waals surface area (Å²) in [5.74, 6) is 1.29. The minimum atomic E-state index is -0.652. The summed E-state index contributed by atoms with van der Waals surface area (Å²) in [5.41, 5.74) is 5.67. The Hall–Kier alpha value is -1.73. The lowest BCUT2D eigenvalue weighted by molar-refractivity contribution is 0.156. The molecule has 2 aromatic rings. The normalized spacial score (nSPS) is 12.0. The third-order valence-electron chi connectivity index (χ3n) is 2.07. The van der Waals surface area contributed by atoms with Crippen LogP contribution in [0.3, 0.4) is 0 Å². The summed E-state index contributed by atoms with van der Waals surface area (Å²) >= 11 is 0. The van der Waals surface area contributed by atoms with E-state index in [4.69, 9.17) is 19.5 Å². The van der Waals surface area contributed by atoms with Gasteiger partial charge < -0.3 is 19.5 Å². The van der Waals surface area contributed by atoms with Gasteiger partial charge in [0, 0.05) is 13.2 Å². The highest BCUT2D eigenvalue weighted by Gasteiger charge is 2.23. The van der Waals surface area contributed by atoms with Crippen LogP contribution < -0.4 is 5.73 Å². The van der Waals surface area contributed by atoms with E-state index < -0.39 is 5.54 Å². The number of aromatic nitrogens is 3. The van der Waals surface area contributed by atoms with Crippen LogP contribution in [0.25, 0.3) is 11.6 Å². The summed E-state index contributed by atoms with van der Waals surface area (Å²) in [6, 6.07) is 1.68. The SMILES string of the molecule is COCc1cc(-c2nc(C(C)(C)N)no2)no1. The molecule has 7 nitrogen and oxygen atoms in total. The Morgan fingerprint density at radius 3 is 2.71 bits per heavy atom. The number of hydrogen-bond donors (Lipinski definition) is 1. The van der Waals surface area contributed by atoms with E-state index >= 15 is 0 Å². The van der Waals surface area contributed by atoms with Gasteiger partial charge in [0.25, 0.3) is 5.89 Å². The zero-order valence-corrected chi connectivity index (χ0v) is 9.93. The van der Waals surface area contributed by atoms with Crippen molar-refractivity contribution < 1.29 is 13.8 Å². The molecule has 0 radical (unpaired) electrons. The van der Waals surface area contributed by atoms with Crippen LogP contribution in [-0.4, -0.2) is 22.4 Å². The van der Waals surface area contributed by atoms with Gasteiger partial charge in [-0.15, -0.1) is 0 Å². The van der Waals surface area contributed by atoms with Crippen molar-refractivity contribution in [3.05, 3.63) is 17.7 Å². The lowest BCUT2D eigenvalue weighted by Gasteiger charge is -2.11. The lowest BCUT2D eigenvalue weighted by atomic mass is 10.1. The van der Waals surface area contributed by atoms with E-state index in [-0.39, 0.29) is 5.89 Å². The molecule has 0 unspecified atom stereocenters. The smallest absolute Gasteiger partial charge is 0.280 e. The molecule has 2 aromatic heterocycles. The number of methoxy groups -OCH3 is 1. The molecule has 0 spiro atoms. The van der Waals surface area contributed by atoms with Gasteiger partial charge in [-0.2, -0.15) is 4.98 Å². The fraction of sp³-hybridized carbons (Fsp3) is 0.500. The van der Waals surface area contributed by atoms with Gasteiger partial charge in [-0.25, -0.2) is 0 Å². The number of rotatable bonds is 4. The maximum atomic E-state index is 5.85. The second-order valence-electron chi connectivity index (χ2n) is 4.26. The molecule has 17 heavy (non-hydrogen) atoms. The van der Waals surface area contributed by atoms with Gasteiger partial charge in [-0.3, -0.25) is 0 Å². The Balaban J connectivity index is 2.24. The van der Waals surface area contributed by atoms with Crippen molar-refractivity contribution in [3.8, 4) is 11.6 Å². The summed E-state index contributed by atoms with van der Waals surface area (Å²) in [5, 5.41) is 7.60. The first kappa shape index (κ1) is 11.7. The molecule has 2 rings (SSSR count). The predicted octanol–water partition coefficient (Wildman–Crippen LogP) is 1.06. The van der Waals surface area contributed by atoms with E-state index in [9.17, 15) is 0 Å². The van der Waals surface area contributed by atoms with Gasteiger partial charge in [0.05, 0.1) is 5.54 Å². The molecule has 2 heterocycles. The largest absolute Gasteiger partial charge is 0.377 e. The number of nitrogens with zero attached hydrogens (tertiary/aromatic N) is 3. The second kappa shape index (κ2) is 4.27. The highest BCUT2D eigenvalue weighted by Crippen LogP contribution is 2.20. The van der Waals surface area contributed by atoms with Crippen molar-refractivity contribution in [3.63, 3.8) is 0 Å². The lowest BCUT2D eigenvalue weighted by Crippen LogP contribution is -2.30. The van der Waals surface area contributed by atoms with Gasteiger partial charge in [0.1, 0.15) is 6.61 Å². The summed E-state index contributed by atoms with van der Waals surface area (Å²) in [6.07, 6.45) is 0. The topological polar surface area (TPSA) is 100 Å². The average Bonchev–Trinajstić information content (AvgIpc) is 2.82. The maximum Gasteiger partial charge on any atom is 0.280 e. The molecule has 0 bridgehead atoms. The standard InChI is InChI=1S/C10H14N4O3/c1-10(2,11)9-12-8(17-14-9)7-4-6(5-15-3)16-13-7/h4H,5,11H2,1-3H3. The highest BCUT2D eigenvalue weighted by atomic mass is 16.5. The third-order valence-corrected chi connectivity index (χ3v) is 2.07. The Kier molecular flexibility index (Phi) is 2.95. The molecule has 0 aliphatic rings. The molecule has 0 atom stereocenters.